The van der Waals surface area contributed by atoms with Gasteiger partial charge in [-0.25, -0.2) is 8.42 Å². The summed E-state index contributed by atoms with van der Waals surface area (Å²) in [7, 11) is -3.94. The molecule has 0 radical (unpaired) electrons. The lowest BCUT2D eigenvalue weighted by Crippen LogP contribution is -2.39. The van der Waals surface area contributed by atoms with Crippen molar-refractivity contribution in [1.82, 2.24) is 0 Å². The van der Waals surface area contributed by atoms with Gasteiger partial charge in [0.1, 0.15) is 6.54 Å². The van der Waals surface area contributed by atoms with Crippen LogP contribution in [0.1, 0.15) is 11.1 Å². The molecule has 2 aromatic carbocycles. The molecule has 0 bridgehead atoms. The number of para-hydroxylation sites is 1. The van der Waals surface area contributed by atoms with E-state index in [1.165, 1.54) is 24.3 Å². The molecular formula is C16H17ClN2O3S. The SMILES string of the molecule is Cc1cccc(C)c1N(CC(N)=O)S(=O)(=O)c1ccc(Cl)cc1. The molecule has 1 amide bonds. The minimum atomic E-state index is -3.94. The minimum Gasteiger partial charge on any atom is -0.368 e. The molecule has 0 atom stereocenters. The molecule has 7 heteroatoms. The Balaban J connectivity index is 2.63. The van der Waals surface area contributed by atoms with Crippen LogP contribution in [0, 0.1) is 13.8 Å². The number of hydrogen-bond acceptors (Lipinski definition) is 3. The Morgan fingerprint density at radius 3 is 2.09 bits per heavy atom. The van der Waals surface area contributed by atoms with Gasteiger partial charge in [-0.1, -0.05) is 29.8 Å². The Bertz CT molecular complexity index is 813. The Morgan fingerprint density at radius 2 is 1.61 bits per heavy atom. The Hall–Kier alpha value is -2.05. The number of nitrogens with zero attached hydrogens (tertiary/aromatic N) is 1. The van der Waals surface area contributed by atoms with Gasteiger partial charge >= 0.3 is 0 Å². The molecule has 0 aliphatic rings. The average Bonchev–Trinajstić information content (AvgIpc) is 2.46. The number of halogens is 1. The van der Waals surface area contributed by atoms with Crippen molar-refractivity contribution in [1.29, 1.82) is 0 Å². The number of primary amides is 1. The van der Waals surface area contributed by atoms with Crippen LogP contribution in [0.4, 0.5) is 5.69 Å². The van der Waals surface area contributed by atoms with E-state index in [4.69, 9.17) is 17.3 Å². The van der Waals surface area contributed by atoms with E-state index in [1.54, 1.807) is 26.0 Å². The Labute approximate surface area is 140 Å². The highest BCUT2D eigenvalue weighted by Crippen LogP contribution is 2.30. The van der Waals surface area contributed by atoms with E-state index in [1.807, 2.05) is 6.07 Å². The Kier molecular flexibility index (Phi) is 4.97. The standard InChI is InChI=1S/C16H17ClN2O3S/c1-11-4-3-5-12(2)16(11)19(10-15(18)20)23(21,22)14-8-6-13(17)7-9-14/h3-9H,10H2,1-2H3,(H2,18,20). The maximum Gasteiger partial charge on any atom is 0.264 e. The van der Waals surface area contributed by atoms with E-state index < -0.39 is 22.5 Å². The van der Waals surface area contributed by atoms with Crippen molar-refractivity contribution in [3.05, 3.63) is 58.6 Å². The molecule has 0 aliphatic heterocycles. The van der Waals surface area contributed by atoms with Crippen LogP contribution < -0.4 is 10.0 Å². The first-order valence-corrected chi connectivity index (χ1v) is 8.68. The summed E-state index contributed by atoms with van der Waals surface area (Å²) in [5.74, 6) is -0.731. The van der Waals surface area contributed by atoms with Crippen molar-refractivity contribution in [2.24, 2.45) is 5.73 Å². The third kappa shape index (κ3) is 3.65. The average molecular weight is 353 g/mol. The van der Waals surface area contributed by atoms with Gasteiger partial charge in [0, 0.05) is 5.02 Å². The quantitative estimate of drug-likeness (QED) is 0.898. The van der Waals surface area contributed by atoms with E-state index in [0.717, 1.165) is 15.4 Å². The van der Waals surface area contributed by atoms with Gasteiger partial charge in [-0.2, -0.15) is 0 Å². The number of carbonyl (C=O) groups is 1. The predicted molar refractivity (Wildman–Crippen MR) is 91.1 cm³/mol. The molecule has 0 aliphatic carbocycles. The number of sulfonamides is 1. The zero-order valence-electron chi connectivity index (χ0n) is 12.8. The first kappa shape index (κ1) is 17.3. The third-order valence-corrected chi connectivity index (χ3v) is 5.40. The first-order chi connectivity index (χ1) is 10.7. The molecular weight excluding hydrogens is 336 g/mol. The van der Waals surface area contributed by atoms with Crippen LogP contribution in [0.3, 0.4) is 0 Å². The van der Waals surface area contributed by atoms with Gasteiger partial charge in [-0.15, -0.1) is 0 Å². The number of hydrogen-bond donors (Lipinski definition) is 1. The number of nitrogens with two attached hydrogens (primary N) is 1. The normalized spacial score (nSPS) is 11.3. The molecule has 0 spiro atoms. The zero-order chi connectivity index (χ0) is 17.2. The van der Waals surface area contributed by atoms with Crippen LogP contribution in [0.15, 0.2) is 47.4 Å². The summed E-state index contributed by atoms with van der Waals surface area (Å²) in [5, 5.41) is 0.428. The second-order valence-electron chi connectivity index (χ2n) is 5.17. The van der Waals surface area contributed by atoms with Gasteiger partial charge < -0.3 is 5.73 Å². The van der Waals surface area contributed by atoms with Gasteiger partial charge in [-0.05, 0) is 49.2 Å². The number of aryl methyl sites for hydroxylation is 2. The highest BCUT2D eigenvalue weighted by atomic mass is 35.5. The zero-order valence-corrected chi connectivity index (χ0v) is 14.4. The molecule has 2 rings (SSSR count). The highest BCUT2D eigenvalue weighted by molar-refractivity contribution is 7.92. The molecule has 2 aromatic rings. The number of carbonyl (C=O) groups excluding carboxylic acids is 1. The number of anilines is 1. The van der Waals surface area contributed by atoms with Crippen LogP contribution in [0.2, 0.25) is 5.02 Å². The summed E-state index contributed by atoms with van der Waals surface area (Å²) < 4.78 is 27.0. The predicted octanol–water partition coefficient (Wildman–Crippen LogP) is 2.64. The molecule has 0 saturated heterocycles. The lowest BCUT2D eigenvalue weighted by atomic mass is 10.1. The molecule has 0 heterocycles. The van der Waals surface area contributed by atoms with E-state index >= 15 is 0 Å². The van der Waals surface area contributed by atoms with Gasteiger partial charge in [0.25, 0.3) is 10.0 Å². The molecule has 23 heavy (non-hydrogen) atoms. The lowest BCUT2D eigenvalue weighted by molar-refractivity contribution is -0.116. The van der Waals surface area contributed by atoms with Crippen molar-refractivity contribution < 1.29 is 13.2 Å². The molecule has 5 nitrogen and oxygen atoms in total. The molecule has 0 aromatic heterocycles. The lowest BCUT2D eigenvalue weighted by Gasteiger charge is -2.26. The fourth-order valence-corrected chi connectivity index (χ4v) is 4.04. The Morgan fingerprint density at radius 1 is 1.09 bits per heavy atom. The summed E-state index contributed by atoms with van der Waals surface area (Å²) in [6.07, 6.45) is 0. The first-order valence-electron chi connectivity index (χ1n) is 6.86. The summed E-state index contributed by atoms with van der Waals surface area (Å²) in [6.45, 7) is 3.14. The van der Waals surface area contributed by atoms with E-state index in [2.05, 4.69) is 0 Å². The van der Waals surface area contributed by atoms with Crippen LogP contribution in [-0.2, 0) is 14.8 Å². The van der Waals surface area contributed by atoms with Crippen molar-refractivity contribution in [2.75, 3.05) is 10.8 Å². The smallest absolute Gasteiger partial charge is 0.264 e. The van der Waals surface area contributed by atoms with Gasteiger partial charge in [0.15, 0.2) is 0 Å². The molecule has 0 unspecified atom stereocenters. The topological polar surface area (TPSA) is 80.5 Å². The monoisotopic (exact) mass is 352 g/mol. The second kappa shape index (κ2) is 6.60. The second-order valence-corrected chi connectivity index (χ2v) is 7.47. The number of amides is 1. The summed E-state index contributed by atoms with van der Waals surface area (Å²) in [4.78, 5) is 11.5. The fraction of sp³-hybridized carbons (Fsp3) is 0.188. The van der Waals surface area contributed by atoms with Gasteiger partial charge in [0.05, 0.1) is 10.6 Å². The van der Waals surface area contributed by atoms with Crippen molar-refractivity contribution in [2.45, 2.75) is 18.7 Å². The summed E-state index contributed by atoms with van der Waals surface area (Å²) in [6, 6.07) is 11.2. The fourth-order valence-electron chi connectivity index (χ4n) is 2.36. The van der Waals surface area contributed by atoms with E-state index in [-0.39, 0.29) is 4.90 Å². The summed E-state index contributed by atoms with van der Waals surface area (Å²) in [5.41, 5.74) is 7.20. The van der Waals surface area contributed by atoms with Crippen molar-refractivity contribution in [3.8, 4) is 0 Å². The molecule has 0 fully saturated rings. The minimum absolute atomic E-state index is 0.0470. The maximum absolute atomic E-state index is 13.0. The largest absolute Gasteiger partial charge is 0.368 e. The van der Waals surface area contributed by atoms with E-state index in [9.17, 15) is 13.2 Å². The van der Waals surface area contributed by atoms with Crippen LogP contribution in [0.25, 0.3) is 0 Å². The number of benzene rings is 2. The van der Waals surface area contributed by atoms with Gasteiger partial charge in [0.2, 0.25) is 5.91 Å². The van der Waals surface area contributed by atoms with Gasteiger partial charge in [-0.3, -0.25) is 9.10 Å². The van der Waals surface area contributed by atoms with Crippen LogP contribution in [0.5, 0.6) is 0 Å². The maximum atomic E-state index is 13.0. The van der Waals surface area contributed by atoms with Crippen molar-refractivity contribution in [3.63, 3.8) is 0 Å². The molecule has 0 saturated carbocycles. The molecule has 2 N–H and O–H groups in total. The van der Waals surface area contributed by atoms with Crippen molar-refractivity contribution >= 4 is 33.2 Å². The van der Waals surface area contributed by atoms with E-state index in [0.29, 0.717) is 10.7 Å². The third-order valence-electron chi connectivity index (χ3n) is 3.39. The molecule has 122 valence electrons. The summed E-state index contributed by atoms with van der Waals surface area (Å²) >= 11 is 5.81. The number of rotatable bonds is 5. The highest BCUT2D eigenvalue weighted by Gasteiger charge is 2.28. The van der Waals surface area contributed by atoms with Crippen LogP contribution in [-0.4, -0.2) is 20.9 Å². The van der Waals surface area contributed by atoms with Crippen LogP contribution >= 0.6 is 11.6 Å².